The standard InChI is InChI=1S/C25H30N2O5S/c1-25(2,3)18-9-11-20(31-15-16-6-7-16)23(13-18)33(29,30)26-24(28)22-12-17-8-10-19(27(4)5)14-21(17)32-22/h8-14,16H,6-7,15H2,1-5H3,(H,26,28). The van der Waals surface area contributed by atoms with Crippen LogP contribution in [0.15, 0.2) is 51.8 Å². The number of carbonyl (C=O) groups is 1. The number of nitrogens with one attached hydrogen (secondary N) is 1. The molecule has 2 aromatic carbocycles. The Bertz CT molecular complexity index is 1300. The van der Waals surface area contributed by atoms with Gasteiger partial charge in [0, 0.05) is 31.2 Å². The topological polar surface area (TPSA) is 88.9 Å². The van der Waals surface area contributed by atoms with Gasteiger partial charge in [0.15, 0.2) is 5.76 Å². The first kappa shape index (κ1) is 23.2. The molecule has 0 atom stereocenters. The van der Waals surface area contributed by atoms with E-state index in [1.807, 2.05) is 58.0 Å². The number of sulfonamides is 1. The molecule has 33 heavy (non-hydrogen) atoms. The fraction of sp³-hybridized carbons (Fsp3) is 0.400. The highest BCUT2D eigenvalue weighted by Gasteiger charge is 2.29. The van der Waals surface area contributed by atoms with Crippen LogP contribution in [0.2, 0.25) is 0 Å². The molecule has 0 bridgehead atoms. The highest BCUT2D eigenvalue weighted by Crippen LogP contribution is 2.34. The Balaban J connectivity index is 1.64. The van der Waals surface area contributed by atoms with E-state index < -0.39 is 15.9 Å². The second-order valence-corrected chi connectivity index (χ2v) is 11.5. The Labute approximate surface area is 194 Å². The number of hydrogen-bond acceptors (Lipinski definition) is 6. The normalized spacial score (nSPS) is 14.3. The van der Waals surface area contributed by atoms with Gasteiger partial charge >= 0.3 is 5.91 Å². The van der Waals surface area contributed by atoms with Gasteiger partial charge in [-0.25, -0.2) is 13.1 Å². The van der Waals surface area contributed by atoms with Crippen LogP contribution in [-0.2, 0) is 15.4 Å². The Morgan fingerprint density at radius 3 is 2.48 bits per heavy atom. The first-order valence-corrected chi connectivity index (χ1v) is 12.5. The van der Waals surface area contributed by atoms with Crippen LogP contribution in [0.4, 0.5) is 5.69 Å². The van der Waals surface area contributed by atoms with Crippen LogP contribution in [0.5, 0.6) is 5.75 Å². The maximum atomic E-state index is 13.3. The minimum Gasteiger partial charge on any atom is -0.492 e. The molecule has 3 aromatic rings. The van der Waals surface area contributed by atoms with Crippen molar-refractivity contribution in [2.75, 3.05) is 25.6 Å². The van der Waals surface area contributed by atoms with Gasteiger partial charge in [-0.05, 0) is 60.1 Å². The molecule has 8 heteroatoms. The second kappa shape index (κ2) is 8.41. The number of ether oxygens (including phenoxy) is 1. The van der Waals surface area contributed by atoms with Gasteiger partial charge in [-0.15, -0.1) is 0 Å². The third kappa shape index (κ3) is 5.16. The summed E-state index contributed by atoms with van der Waals surface area (Å²) in [5, 5.41) is 0.714. The average Bonchev–Trinajstić information content (AvgIpc) is 3.46. The zero-order valence-corrected chi connectivity index (χ0v) is 20.5. The first-order valence-electron chi connectivity index (χ1n) is 11.0. The van der Waals surface area contributed by atoms with E-state index in [0.717, 1.165) is 24.1 Å². The average molecular weight is 471 g/mol. The molecule has 4 rings (SSSR count). The minimum atomic E-state index is -4.20. The van der Waals surface area contributed by atoms with Crippen molar-refractivity contribution < 1.29 is 22.4 Å². The van der Waals surface area contributed by atoms with Crippen molar-refractivity contribution in [2.45, 2.75) is 43.9 Å². The molecule has 176 valence electrons. The molecule has 1 aromatic heterocycles. The summed E-state index contributed by atoms with van der Waals surface area (Å²) in [5.41, 5.74) is 1.97. The Kier molecular flexibility index (Phi) is 5.90. The van der Waals surface area contributed by atoms with Gasteiger partial charge in [0.05, 0.1) is 6.61 Å². The van der Waals surface area contributed by atoms with Crippen LogP contribution in [0.25, 0.3) is 11.0 Å². The summed E-state index contributed by atoms with van der Waals surface area (Å²) in [4.78, 5) is 14.7. The molecule has 0 spiro atoms. The number of furan rings is 1. The molecule has 0 aliphatic heterocycles. The second-order valence-electron chi connectivity index (χ2n) is 9.83. The van der Waals surface area contributed by atoms with Gasteiger partial charge in [0.1, 0.15) is 16.2 Å². The van der Waals surface area contributed by atoms with E-state index in [-0.39, 0.29) is 21.8 Å². The van der Waals surface area contributed by atoms with Crippen molar-refractivity contribution in [1.82, 2.24) is 4.72 Å². The van der Waals surface area contributed by atoms with Crippen LogP contribution in [0, 0.1) is 5.92 Å². The smallest absolute Gasteiger partial charge is 0.300 e. The lowest BCUT2D eigenvalue weighted by molar-refractivity contribution is 0.0956. The van der Waals surface area contributed by atoms with E-state index in [2.05, 4.69) is 4.72 Å². The molecule has 0 saturated heterocycles. The van der Waals surface area contributed by atoms with E-state index in [9.17, 15) is 13.2 Å². The molecule has 0 radical (unpaired) electrons. The van der Waals surface area contributed by atoms with Crippen molar-refractivity contribution in [1.29, 1.82) is 0 Å². The quantitative estimate of drug-likeness (QED) is 0.538. The minimum absolute atomic E-state index is 0.0464. The maximum Gasteiger partial charge on any atom is 0.300 e. The fourth-order valence-corrected chi connectivity index (χ4v) is 4.56. The number of rotatable bonds is 7. The molecule has 1 amide bonds. The third-order valence-electron chi connectivity index (χ3n) is 5.74. The van der Waals surface area contributed by atoms with E-state index in [1.54, 1.807) is 18.2 Å². The van der Waals surface area contributed by atoms with Crippen LogP contribution < -0.4 is 14.4 Å². The molecule has 1 N–H and O–H groups in total. The molecule has 1 saturated carbocycles. The molecule has 7 nitrogen and oxygen atoms in total. The van der Waals surface area contributed by atoms with E-state index in [1.165, 1.54) is 6.07 Å². The summed E-state index contributed by atoms with van der Waals surface area (Å²) in [6.45, 7) is 6.46. The number of carbonyl (C=O) groups excluding carboxylic acids is 1. The Morgan fingerprint density at radius 2 is 1.85 bits per heavy atom. The number of amides is 1. The number of anilines is 1. The summed E-state index contributed by atoms with van der Waals surface area (Å²) in [7, 11) is -0.397. The van der Waals surface area contributed by atoms with Gasteiger partial charge < -0.3 is 14.1 Å². The predicted molar refractivity (Wildman–Crippen MR) is 129 cm³/mol. The fourth-order valence-electron chi connectivity index (χ4n) is 3.43. The molecular formula is C25H30N2O5S. The van der Waals surface area contributed by atoms with E-state index >= 15 is 0 Å². The number of fused-ring (bicyclic) bond motifs is 1. The van der Waals surface area contributed by atoms with Crippen LogP contribution >= 0.6 is 0 Å². The predicted octanol–water partition coefficient (Wildman–Crippen LogP) is 4.70. The number of hydrogen-bond donors (Lipinski definition) is 1. The van der Waals surface area contributed by atoms with Gasteiger partial charge in [0.2, 0.25) is 0 Å². The van der Waals surface area contributed by atoms with Gasteiger partial charge in [-0.1, -0.05) is 26.8 Å². The summed E-state index contributed by atoms with van der Waals surface area (Å²) in [6.07, 6.45) is 2.17. The molecule has 1 aliphatic carbocycles. The maximum absolute atomic E-state index is 13.3. The number of benzene rings is 2. The lowest BCUT2D eigenvalue weighted by Gasteiger charge is -2.21. The van der Waals surface area contributed by atoms with E-state index in [0.29, 0.717) is 23.5 Å². The summed E-state index contributed by atoms with van der Waals surface area (Å²) in [5.74, 6) is -0.195. The molecule has 0 unspecified atom stereocenters. The summed E-state index contributed by atoms with van der Waals surface area (Å²) >= 11 is 0. The van der Waals surface area contributed by atoms with Crippen molar-refractivity contribution in [3.63, 3.8) is 0 Å². The zero-order valence-electron chi connectivity index (χ0n) is 19.6. The SMILES string of the molecule is CN(C)c1ccc2cc(C(=O)NS(=O)(=O)c3cc(C(C)(C)C)ccc3OCC3CC3)oc2c1. The molecule has 1 fully saturated rings. The summed E-state index contributed by atoms with van der Waals surface area (Å²) in [6, 6.07) is 12.2. The van der Waals surface area contributed by atoms with Crippen molar-refractivity contribution >= 4 is 32.6 Å². The first-order chi connectivity index (χ1) is 15.4. The summed E-state index contributed by atoms with van der Waals surface area (Å²) < 4.78 is 40.2. The number of nitrogens with zero attached hydrogens (tertiary/aromatic N) is 1. The van der Waals surface area contributed by atoms with Crippen LogP contribution in [0.1, 0.15) is 49.7 Å². The van der Waals surface area contributed by atoms with Crippen LogP contribution in [-0.4, -0.2) is 35.0 Å². The Hall–Kier alpha value is -3.00. The lowest BCUT2D eigenvalue weighted by Crippen LogP contribution is -2.31. The van der Waals surface area contributed by atoms with Crippen LogP contribution in [0.3, 0.4) is 0 Å². The van der Waals surface area contributed by atoms with Crippen molar-refractivity contribution in [3.8, 4) is 5.75 Å². The van der Waals surface area contributed by atoms with Gasteiger partial charge in [-0.3, -0.25) is 4.79 Å². The Morgan fingerprint density at radius 1 is 1.12 bits per heavy atom. The molecule has 1 heterocycles. The van der Waals surface area contributed by atoms with Crippen molar-refractivity contribution in [2.24, 2.45) is 5.92 Å². The lowest BCUT2D eigenvalue weighted by atomic mass is 9.87. The zero-order chi connectivity index (χ0) is 24.0. The van der Waals surface area contributed by atoms with Crippen molar-refractivity contribution in [3.05, 3.63) is 53.8 Å². The van der Waals surface area contributed by atoms with Gasteiger partial charge in [-0.2, -0.15) is 0 Å². The monoisotopic (exact) mass is 470 g/mol. The molecule has 1 aliphatic rings. The van der Waals surface area contributed by atoms with Gasteiger partial charge in [0.25, 0.3) is 10.0 Å². The molecular weight excluding hydrogens is 440 g/mol. The highest BCUT2D eigenvalue weighted by atomic mass is 32.2. The largest absolute Gasteiger partial charge is 0.492 e. The third-order valence-corrected chi connectivity index (χ3v) is 7.09. The highest BCUT2D eigenvalue weighted by molar-refractivity contribution is 7.90. The van der Waals surface area contributed by atoms with E-state index in [4.69, 9.17) is 9.15 Å².